The van der Waals surface area contributed by atoms with Gasteiger partial charge in [-0.05, 0) is 66.7 Å². The van der Waals surface area contributed by atoms with E-state index in [2.05, 4.69) is 19.8 Å². The van der Waals surface area contributed by atoms with Crippen molar-refractivity contribution < 1.29 is 42.2 Å². The second-order valence-corrected chi connectivity index (χ2v) is 15.0. The first-order valence-electron chi connectivity index (χ1n) is 15.0. The number of ether oxygens (including phenoxy) is 1. The third kappa shape index (κ3) is 7.26. The molecule has 0 saturated heterocycles. The van der Waals surface area contributed by atoms with E-state index in [1.165, 1.54) is 19.2 Å². The Morgan fingerprint density at radius 3 is 1.92 bits per heavy atom. The van der Waals surface area contributed by atoms with Crippen LogP contribution in [0, 0.1) is 0 Å². The Kier molecular flexibility index (Phi) is 9.90. The first-order chi connectivity index (χ1) is 23.6. The van der Waals surface area contributed by atoms with Gasteiger partial charge >= 0.3 is 15.2 Å². The molecule has 0 amide bonds. The maximum Gasteiger partial charge on any atom is 0.399 e. The number of para-hydroxylation sites is 1. The van der Waals surface area contributed by atoms with Crippen molar-refractivity contribution in [1.29, 1.82) is 0 Å². The van der Waals surface area contributed by atoms with Gasteiger partial charge in [-0.25, -0.2) is 4.68 Å². The highest BCUT2D eigenvalue weighted by Crippen LogP contribution is 2.52. The zero-order chi connectivity index (χ0) is 34.6. The van der Waals surface area contributed by atoms with E-state index in [-0.39, 0.29) is 11.1 Å². The molecule has 0 aliphatic rings. The summed E-state index contributed by atoms with van der Waals surface area (Å²) >= 11 is 0. The number of aromatic nitrogens is 3. The summed E-state index contributed by atoms with van der Waals surface area (Å²) in [6.07, 6.45) is 0.269. The second kappa shape index (κ2) is 14.1. The van der Waals surface area contributed by atoms with E-state index in [0.29, 0.717) is 29.5 Å². The predicted octanol–water partition coefficient (Wildman–Crippen LogP) is 7.63. The van der Waals surface area contributed by atoms with Crippen molar-refractivity contribution in [3.05, 3.63) is 144 Å². The molecule has 10 nitrogen and oxygen atoms in total. The Labute approximate surface area is 280 Å². The molecule has 0 fully saturated rings. The summed E-state index contributed by atoms with van der Waals surface area (Å²) in [5.41, 5.74) is 5.14. The monoisotopic (exact) mass is 705 g/mol. The highest BCUT2D eigenvalue weighted by atomic mass is 31.2. The molecule has 1 aromatic heterocycles. The number of hydrogen-bond acceptors (Lipinski definition) is 7. The lowest BCUT2D eigenvalue weighted by molar-refractivity contribution is -0.0881. The topological polar surface area (TPSA) is 133 Å². The molecule has 0 radical (unpaired) electrons. The molecule has 1 unspecified atom stereocenters. The molecule has 6 aromatic rings. The van der Waals surface area contributed by atoms with Crippen LogP contribution in [0.1, 0.15) is 22.3 Å². The quantitative estimate of drug-likeness (QED) is 0.116. The van der Waals surface area contributed by atoms with Crippen molar-refractivity contribution >= 4 is 31.5 Å². The Morgan fingerprint density at radius 2 is 1.31 bits per heavy atom. The van der Waals surface area contributed by atoms with Gasteiger partial charge in [-0.1, -0.05) is 102 Å². The van der Waals surface area contributed by atoms with E-state index in [0.717, 1.165) is 27.8 Å². The molecule has 49 heavy (non-hydrogen) atoms. The minimum absolute atomic E-state index is 0.106. The zero-order valence-corrected chi connectivity index (χ0v) is 27.9. The van der Waals surface area contributed by atoms with Crippen molar-refractivity contribution in [3.63, 3.8) is 0 Å². The van der Waals surface area contributed by atoms with Crippen LogP contribution in [0.2, 0.25) is 0 Å². The summed E-state index contributed by atoms with van der Waals surface area (Å²) < 4.78 is 63.3. The molecule has 1 heterocycles. The van der Waals surface area contributed by atoms with Crippen LogP contribution < -0.4 is 10.0 Å². The molecule has 2 N–H and O–H groups in total. The molecule has 0 spiro atoms. The highest BCUT2D eigenvalue weighted by molar-refractivity contribution is 7.60. The summed E-state index contributed by atoms with van der Waals surface area (Å²) in [5.74, 6) is 0.106. The number of fused-ring (bicyclic) bond motifs is 1. The van der Waals surface area contributed by atoms with Crippen molar-refractivity contribution in [2.24, 2.45) is 0 Å². The average Bonchev–Trinajstić information content (AvgIpc) is 3.57. The fourth-order valence-corrected chi connectivity index (χ4v) is 7.64. The largest absolute Gasteiger partial charge is 0.496 e. The number of halogens is 2. The molecule has 0 aliphatic carbocycles. The predicted molar refractivity (Wildman–Crippen MR) is 181 cm³/mol. The van der Waals surface area contributed by atoms with Gasteiger partial charge in [-0.15, -0.1) is 14.6 Å². The van der Waals surface area contributed by atoms with Crippen LogP contribution in [0.25, 0.3) is 22.2 Å². The third-order valence-corrected chi connectivity index (χ3v) is 10.6. The molecular formula is C35H31F2N3O7P2. The van der Waals surface area contributed by atoms with Gasteiger partial charge in [0, 0.05) is 12.8 Å². The molecular weight excluding hydrogens is 674 g/mol. The summed E-state index contributed by atoms with van der Waals surface area (Å²) in [4.78, 5) is 19.8. The molecule has 0 saturated carbocycles. The molecule has 0 aliphatic heterocycles. The molecule has 0 bridgehead atoms. The average molecular weight is 706 g/mol. The Bertz CT molecular complexity index is 2150. The lowest BCUT2D eigenvalue weighted by Gasteiger charge is -2.36. The number of benzene rings is 5. The molecule has 1 atom stereocenters. The standard InChI is InChI=1S/C35H31F2N3O7P2/c1-45-33-20-19-29(21-34(33)49(42,43)44)28-17-15-26(16-18-28)23-35(30-7-3-2-4-8-30,40-32-10-6-5-9-31(32)38-39-40)22-25-11-13-27(14-12-25)24-48(41,46-36)47-37/h2-21H,22-24H2,1H3,(H2,42,43,44). The Hall–Kier alpha value is -4.54. The normalized spacial score (nSPS) is 13.3. The lowest BCUT2D eigenvalue weighted by Crippen LogP contribution is -2.40. The highest BCUT2D eigenvalue weighted by Gasteiger charge is 2.38. The molecule has 6 rings (SSSR count). The molecule has 252 valence electrons. The van der Waals surface area contributed by atoms with Crippen LogP contribution in [0.5, 0.6) is 5.75 Å². The van der Waals surface area contributed by atoms with Gasteiger partial charge in [-0.3, -0.25) is 9.13 Å². The Balaban J connectivity index is 1.43. The summed E-state index contributed by atoms with van der Waals surface area (Å²) in [5, 5.41) is 8.94. The minimum atomic E-state index is -4.59. The van der Waals surface area contributed by atoms with Crippen LogP contribution in [-0.2, 0) is 43.1 Å². The lowest BCUT2D eigenvalue weighted by atomic mass is 9.78. The zero-order valence-electron chi connectivity index (χ0n) is 26.1. The number of nitrogens with zero attached hydrogens (tertiary/aromatic N) is 3. The van der Waals surface area contributed by atoms with Crippen LogP contribution in [0.15, 0.2) is 121 Å². The van der Waals surface area contributed by atoms with Crippen LogP contribution >= 0.6 is 15.2 Å². The van der Waals surface area contributed by atoms with Gasteiger partial charge in [0.2, 0.25) is 0 Å². The third-order valence-electron chi connectivity index (χ3n) is 8.45. The van der Waals surface area contributed by atoms with E-state index < -0.39 is 26.9 Å². The Morgan fingerprint density at radius 1 is 0.735 bits per heavy atom. The van der Waals surface area contributed by atoms with Gasteiger partial charge in [-0.2, -0.15) is 0 Å². The van der Waals surface area contributed by atoms with Gasteiger partial charge < -0.3 is 14.5 Å². The fourth-order valence-electron chi connectivity index (χ4n) is 6.11. The van der Waals surface area contributed by atoms with E-state index in [4.69, 9.17) is 4.74 Å². The maximum atomic E-state index is 12.7. The van der Waals surface area contributed by atoms with Crippen molar-refractivity contribution in [2.45, 2.75) is 24.5 Å². The number of rotatable bonds is 13. The number of methoxy groups -OCH3 is 1. The molecule has 14 heteroatoms. The van der Waals surface area contributed by atoms with Crippen LogP contribution in [-0.4, -0.2) is 31.9 Å². The maximum absolute atomic E-state index is 12.7. The fraction of sp³-hybridized carbons (Fsp3) is 0.143. The van der Waals surface area contributed by atoms with E-state index >= 15 is 0 Å². The van der Waals surface area contributed by atoms with E-state index in [1.807, 2.05) is 83.5 Å². The van der Waals surface area contributed by atoms with Crippen molar-refractivity contribution in [3.8, 4) is 16.9 Å². The van der Waals surface area contributed by atoms with Gasteiger partial charge in [0.25, 0.3) is 0 Å². The summed E-state index contributed by atoms with van der Waals surface area (Å²) in [6.45, 7) is 0. The van der Waals surface area contributed by atoms with E-state index in [9.17, 15) is 28.0 Å². The van der Waals surface area contributed by atoms with Gasteiger partial charge in [0.05, 0.1) is 24.3 Å². The number of hydrogen-bond donors (Lipinski definition) is 2. The minimum Gasteiger partial charge on any atom is -0.496 e. The van der Waals surface area contributed by atoms with Crippen LogP contribution in [0.3, 0.4) is 0 Å². The summed E-state index contributed by atoms with van der Waals surface area (Å²) in [6, 6.07) is 36.7. The second-order valence-electron chi connectivity index (χ2n) is 11.6. The first kappa shape index (κ1) is 34.3. The van der Waals surface area contributed by atoms with Gasteiger partial charge in [0.1, 0.15) is 16.6 Å². The van der Waals surface area contributed by atoms with Gasteiger partial charge in [0.15, 0.2) is 0 Å². The smallest absolute Gasteiger partial charge is 0.399 e. The van der Waals surface area contributed by atoms with Crippen molar-refractivity contribution in [2.75, 3.05) is 7.11 Å². The molecule has 5 aromatic carbocycles. The van der Waals surface area contributed by atoms with E-state index in [1.54, 1.807) is 30.3 Å². The first-order valence-corrected chi connectivity index (χ1v) is 18.4. The van der Waals surface area contributed by atoms with Crippen molar-refractivity contribution in [1.82, 2.24) is 15.0 Å². The SMILES string of the molecule is COc1ccc(-c2ccc(CC(Cc3ccc(CP(=O)(OF)OF)cc3)(c3ccccc3)n3nnc4ccccc43)cc2)cc1P(=O)(O)O. The summed E-state index contributed by atoms with van der Waals surface area (Å²) in [7, 11) is -7.80. The van der Waals surface area contributed by atoms with Crippen LogP contribution in [0.4, 0.5) is 9.05 Å².